The SMILES string of the molecule is COc1ccccc1CC(N)c1ncc(C)cc1C. The molecule has 3 heteroatoms. The number of benzene rings is 1. The summed E-state index contributed by atoms with van der Waals surface area (Å²) in [7, 11) is 1.68. The molecule has 0 aliphatic rings. The van der Waals surface area contributed by atoms with Crippen LogP contribution in [-0.2, 0) is 6.42 Å². The summed E-state index contributed by atoms with van der Waals surface area (Å²) in [5, 5.41) is 0. The van der Waals surface area contributed by atoms with Crippen LogP contribution in [-0.4, -0.2) is 12.1 Å². The van der Waals surface area contributed by atoms with E-state index in [0.29, 0.717) is 0 Å². The van der Waals surface area contributed by atoms with Gasteiger partial charge >= 0.3 is 0 Å². The van der Waals surface area contributed by atoms with Gasteiger partial charge in [0, 0.05) is 6.20 Å². The molecule has 1 aromatic heterocycles. The van der Waals surface area contributed by atoms with Crippen molar-refractivity contribution in [3.8, 4) is 5.75 Å². The third-order valence-corrected chi connectivity index (χ3v) is 3.24. The van der Waals surface area contributed by atoms with Crippen LogP contribution in [0.5, 0.6) is 5.75 Å². The summed E-state index contributed by atoms with van der Waals surface area (Å²) in [6.45, 7) is 4.09. The van der Waals surface area contributed by atoms with E-state index in [4.69, 9.17) is 10.5 Å². The molecule has 2 rings (SSSR count). The van der Waals surface area contributed by atoms with E-state index in [1.165, 1.54) is 0 Å². The van der Waals surface area contributed by atoms with Gasteiger partial charge in [0.1, 0.15) is 5.75 Å². The minimum absolute atomic E-state index is 0.114. The monoisotopic (exact) mass is 256 g/mol. The van der Waals surface area contributed by atoms with Crippen LogP contribution in [0, 0.1) is 13.8 Å². The van der Waals surface area contributed by atoms with Crippen molar-refractivity contribution in [2.24, 2.45) is 5.73 Å². The van der Waals surface area contributed by atoms with E-state index in [-0.39, 0.29) is 6.04 Å². The Morgan fingerprint density at radius 3 is 2.68 bits per heavy atom. The van der Waals surface area contributed by atoms with Crippen LogP contribution >= 0.6 is 0 Å². The molecule has 0 radical (unpaired) electrons. The predicted molar refractivity (Wildman–Crippen MR) is 77.3 cm³/mol. The van der Waals surface area contributed by atoms with E-state index in [9.17, 15) is 0 Å². The highest BCUT2D eigenvalue weighted by Crippen LogP contribution is 2.24. The number of hydrogen-bond donors (Lipinski definition) is 1. The van der Waals surface area contributed by atoms with Crippen LogP contribution in [0.15, 0.2) is 36.5 Å². The van der Waals surface area contributed by atoms with E-state index in [0.717, 1.165) is 34.6 Å². The number of aromatic nitrogens is 1. The second-order valence-corrected chi connectivity index (χ2v) is 4.84. The summed E-state index contributed by atoms with van der Waals surface area (Å²) in [5.74, 6) is 0.878. The lowest BCUT2D eigenvalue weighted by Crippen LogP contribution is -2.17. The molecular formula is C16H20N2O. The molecule has 1 atom stereocenters. The summed E-state index contributed by atoms with van der Waals surface area (Å²) in [6, 6.07) is 9.96. The van der Waals surface area contributed by atoms with E-state index in [1.54, 1.807) is 7.11 Å². The summed E-state index contributed by atoms with van der Waals surface area (Å²) in [6.07, 6.45) is 2.59. The van der Waals surface area contributed by atoms with Crippen molar-refractivity contribution in [1.29, 1.82) is 0 Å². The number of ether oxygens (including phenoxy) is 1. The second kappa shape index (κ2) is 5.85. The third-order valence-electron chi connectivity index (χ3n) is 3.24. The van der Waals surface area contributed by atoms with Crippen molar-refractivity contribution in [2.45, 2.75) is 26.3 Å². The maximum atomic E-state index is 6.28. The fraction of sp³-hybridized carbons (Fsp3) is 0.312. The van der Waals surface area contributed by atoms with Gasteiger partial charge in [0.15, 0.2) is 0 Å². The Bertz CT molecular complexity index is 566. The largest absolute Gasteiger partial charge is 0.496 e. The summed E-state index contributed by atoms with van der Waals surface area (Å²) < 4.78 is 5.36. The van der Waals surface area contributed by atoms with Crippen molar-refractivity contribution < 1.29 is 4.74 Å². The Morgan fingerprint density at radius 1 is 1.26 bits per heavy atom. The molecule has 1 aromatic carbocycles. The first-order valence-electron chi connectivity index (χ1n) is 6.42. The molecule has 0 fully saturated rings. The number of nitrogens with zero attached hydrogens (tertiary/aromatic N) is 1. The Kier molecular flexibility index (Phi) is 4.17. The van der Waals surface area contributed by atoms with Gasteiger partial charge in [0.25, 0.3) is 0 Å². The third kappa shape index (κ3) is 3.12. The molecule has 19 heavy (non-hydrogen) atoms. The van der Waals surface area contributed by atoms with Crippen LogP contribution in [0.4, 0.5) is 0 Å². The van der Waals surface area contributed by atoms with Gasteiger partial charge in [-0.15, -0.1) is 0 Å². The highest BCUT2D eigenvalue weighted by Gasteiger charge is 2.13. The van der Waals surface area contributed by atoms with Gasteiger partial charge < -0.3 is 10.5 Å². The van der Waals surface area contributed by atoms with Gasteiger partial charge in [-0.25, -0.2) is 0 Å². The molecule has 0 aliphatic carbocycles. The first kappa shape index (κ1) is 13.6. The first-order valence-corrected chi connectivity index (χ1v) is 6.42. The molecule has 0 saturated carbocycles. The topological polar surface area (TPSA) is 48.1 Å². The lowest BCUT2D eigenvalue weighted by molar-refractivity contribution is 0.408. The van der Waals surface area contributed by atoms with Gasteiger partial charge in [-0.1, -0.05) is 24.3 Å². The highest BCUT2D eigenvalue weighted by molar-refractivity contribution is 5.35. The Hall–Kier alpha value is -1.87. The van der Waals surface area contributed by atoms with Crippen molar-refractivity contribution in [2.75, 3.05) is 7.11 Å². The highest BCUT2D eigenvalue weighted by atomic mass is 16.5. The normalized spacial score (nSPS) is 12.2. The van der Waals surface area contributed by atoms with Crippen molar-refractivity contribution in [1.82, 2.24) is 4.98 Å². The number of hydrogen-bond acceptors (Lipinski definition) is 3. The first-order chi connectivity index (χ1) is 9.11. The number of methoxy groups -OCH3 is 1. The molecule has 2 N–H and O–H groups in total. The average molecular weight is 256 g/mol. The van der Waals surface area contributed by atoms with Gasteiger partial charge in [-0.3, -0.25) is 4.98 Å². The molecule has 1 heterocycles. The molecule has 100 valence electrons. The minimum Gasteiger partial charge on any atom is -0.496 e. The zero-order valence-corrected chi connectivity index (χ0v) is 11.7. The summed E-state index contributed by atoms with van der Waals surface area (Å²) in [5.41, 5.74) is 10.6. The maximum Gasteiger partial charge on any atom is 0.122 e. The lowest BCUT2D eigenvalue weighted by Gasteiger charge is -2.16. The summed E-state index contributed by atoms with van der Waals surface area (Å²) in [4.78, 5) is 4.46. The van der Waals surface area contributed by atoms with Gasteiger partial charge in [0.2, 0.25) is 0 Å². The Labute approximate surface area is 114 Å². The number of para-hydroxylation sites is 1. The number of nitrogens with two attached hydrogens (primary N) is 1. The average Bonchev–Trinajstić information content (AvgIpc) is 2.39. The minimum atomic E-state index is -0.114. The van der Waals surface area contributed by atoms with Gasteiger partial charge in [-0.05, 0) is 43.0 Å². The zero-order valence-electron chi connectivity index (χ0n) is 11.7. The quantitative estimate of drug-likeness (QED) is 0.915. The molecule has 1 unspecified atom stereocenters. The molecule has 2 aromatic rings. The number of pyridine rings is 1. The number of rotatable bonds is 4. The molecular weight excluding hydrogens is 236 g/mol. The molecule has 0 amide bonds. The number of aryl methyl sites for hydroxylation is 2. The molecule has 0 saturated heterocycles. The smallest absolute Gasteiger partial charge is 0.122 e. The maximum absolute atomic E-state index is 6.28. The van der Waals surface area contributed by atoms with Crippen LogP contribution in [0.3, 0.4) is 0 Å². The van der Waals surface area contributed by atoms with Crippen molar-refractivity contribution in [3.63, 3.8) is 0 Å². The lowest BCUT2D eigenvalue weighted by atomic mass is 9.99. The van der Waals surface area contributed by atoms with Crippen LogP contribution in [0.25, 0.3) is 0 Å². The molecule has 3 nitrogen and oxygen atoms in total. The van der Waals surface area contributed by atoms with Crippen LogP contribution in [0.2, 0.25) is 0 Å². The van der Waals surface area contributed by atoms with E-state index in [1.807, 2.05) is 37.4 Å². The standard InChI is InChI=1S/C16H20N2O/c1-11-8-12(2)16(18-10-11)14(17)9-13-6-4-5-7-15(13)19-3/h4-8,10,14H,9,17H2,1-3H3. The molecule has 0 aliphatic heterocycles. The second-order valence-electron chi connectivity index (χ2n) is 4.84. The Morgan fingerprint density at radius 2 is 2.00 bits per heavy atom. The van der Waals surface area contributed by atoms with Crippen molar-refractivity contribution >= 4 is 0 Å². The van der Waals surface area contributed by atoms with E-state index >= 15 is 0 Å². The van der Waals surface area contributed by atoms with Crippen molar-refractivity contribution in [3.05, 3.63) is 58.9 Å². The predicted octanol–water partition coefficient (Wildman–Crippen LogP) is 2.95. The van der Waals surface area contributed by atoms with Crippen LogP contribution < -0.4 is 10.5 Å². The molecule has 0 spiro atoms. The Balaban J connectivity index is 2.23. The fourth-order valence-electron chi connectivity index (χ4n) is 2.32. The van der Waals surface area contributed by atoms with Gasteiger partial charge in [0.05, 0.1) is 18.8 Å². The van der Waals surface area contributed by atoms with E-state index < -0.39 is 0 Å². The van der Waals surface area contributed by atoms with E-state index in [2.05, 4.69) is 18.0 Å². The zero-order chi connectivity index (χ0) is 13.8. The van der Waals surface area contributed by atoms with Gasteiger partial charge in [-0.2, -0.15) is 0 Å². The molecule has 0 bridgehead atoms. The fourth-order valence-corrected chi connectivity index (χ4v) is 2.32. The summed E-state index contributed by atoms with van der Waals surface area (Å²) >= 11 is 0. The van der Waals surface area contributed by atoms with Crippen LogP contribution in [0.1, 0.15) is 28.4 Å².